The van der Waals surface area contributed by atoms with Crippen molar-refractivity contribution < 1.29 is 27.8 Å². The molecule has 2 aromatic carbocycles. The van der Waals surface area contributed by atoms with E-state index in [0.717, 1.165) is 22.3 Å². The number of carboxylic acid groups (broad SMARTS) is 1. The van der Waals surface area contributed by atoms with Gasteiger partial charge >= 0.3 is 12.1 Å². The number of hydrogen-bond donors (Lipinski definition) is 1. The Balaban J connectivity index is 1.88. The summed E-state index contributed by atoms with van der Waals surface area (Å²) in [4.78, 5) is 12.8. The van der Waals surface area contributed by atoms with Gasteiger partial charge in [-0.1, -0.05) is 30.3 Å². The highest BCUT2D eigenvalue weighted by atomic mass is 19.4. The van der Waals surface area contributed by atoms with Gasteiger partial charge < -0.3 is 9.84 Å². The number of methoxy groups -OCH3 is 1. The first-order valence-corrected chi connectivity index (χ1v) is 8.95. The molecule has 1 N–H and O–H groups in total. The summed E-state index contributed by atoms with van der Waals surface area (Å²) in [7, 11) is 1.51. The molecule has 0 amide bonds. The summed E-state index contributed by atoms with van der Waals surface area (Å²) in [6, 6.07) is 13.4. The molecule has 2 atom stereocenters. The molecular formula is C21H22F3NO3. The van der Waals surface area contributed by atoms with Crippen LogP contribution >= 0.6 is 0 Å². The van der Waals surface area contributed by atoms with Gasteiger partial charge in [0, 0.05) is 25.2 Å². The highest BCUT2D eigenvalue weighted by molar-refractivity contribution is 5.71. The molecule has 1 aliphatic rings. The molecule has 1 heterocycles. The Hall–Kier alpha value is -2.54. The Morgan fingerprint density at radius 2 is 1.93 bits per heavy atom. The van der Waals surface area contributed by atoms with Crippen molar-refractivity contribution in [2.45, 2.75) is 19.6 Å². The summed E-state index contributed by atoms with van der Waals surface area (Å²) >= 11 is 0. The van der Waals surface area contributed by atoms with Crippen LogP contribution in [0.15, 0.2) is 42.5 Å². The first-order chi connectivity index (χ1) is 13.2. The lowest BCUT2D eigenvalue weighted by molar-refractivity contribution is -0.188. The lowest BCUT2D eigenvalue weighted by Gasteiger charge is -2.20. The van der Waals surface area contributed by atoms with Crippen molar-refractivity contribution in [3.8, 4) is 16.9 Å². The number of rotatable bonds is 5. The van der Waals surface area contributed by atoms with Crippen molar-refractivity contribution in [3.05, 3.63) is 53.6 Å². The maximum atomic E-state index is 13.2. The first kappa shape index (κ1) is 20.2. The van der Waals surface area contributed by atoms with Gasteiger partial charge in [0.1, 0.15) is 5.75 Å². The second-order valence-electron chi connectivity index (χ2n) is 7.13. The summed E-state index contributed by atoms with van der Waals surface area (Å²) < 4.78 is 45.1. The maximum absolute atomic E-state index is 13.2. The Bertz CT molecular complexity index is 866. The fourth-order valence-electron chi connectivity index (χ4n) is 3.80. The number of ether oxygens (including phenoxy) is 1. The average Bonchev–Trinajstić information content (AvgIpc) is 3.07. The van der Waals surface area contributed by atoms with Crippen molar-refractivity contribution in [2.75, 3.05) is 20.2 Å². The number of benzene rings is 2. The van der Waals surface area contributed by atoms with Crippen molar-refractivity contribution >= 4 is 5.97 Å². The van der Waals surface area contributed by atoms with E-state index < -0.39 is 24.0 Å². The third kappa shape index (κ3) is 4.14. The van der Waals surface area contributed by atoms with Crippen LogP contribution in [-0.4, -0.2) is 42.4 Å². The molecule has 0 bridgehead atoms. The zero-order valence-corrected chi connectivity index (χ0v) is 15.7. The van der Waals surface area contributed by atoms with Gasteiger partial charge in [0.15, 0.2) is 0 Å². The standard InChI is InChI=1S/C21H22F3NO3/c1-13-5-3-4-6-16(13)14-7-8-19(28-2)15(9-14)10-25-11-17(20(26)27)18(12-25)21(22,23)24/h3-9,17-18H,10-12H2,1-2H3,(H,26,27)/t17-,18-/m1/s1. The molecule has 0 saturated carbocycles. The van der Waals surface area contributed by atoms with E-state index in [-0.39, 0.29) is 19.6 Å². The van der Waals surface area contributed by atoms with Crippen LogP contribution in [-0.2, 0) is 11.3 Å². The molecule has 3 rings (SSSR count). The lowest BCUT2D eigenvalue weighted by Crippen LogP contribution is -2.33. The second-order valence-corrected chi connectivity index (χ2v) is 7.13. The number of likely N-dealkylation sites (tertiary alicyclic amines) is 1. The van der Waals surface area contributed by atoms with Crippen molar-refractivity contribution in [2.24, 2.45) is 11.8 Å². The molecule has 1 saturated heterocycles. The molecule has 28 heavy (non-hydrogen) atoms. The van der Waals surface area contributed by atoms with Gasteiger partial charge in [-0.3, -0.25) is 9.69 Å². The molecule has 7 heteroatoms. The zero-order valence-electron chi connectivity index (χ0n) is 15.7. The molecule has 4 nitrogen and oxygen atoms in total. The molecule has 150 valence electrons. The van der Waals surface area contributed by atoms with E-state index in [9.17, 15) is 23.1 Å². The SMILES string of the molecule is COc1ccc(-c2ccccc2C)cc1CN1C[C@@H](C(F)(F)F)[C@H](C(=O)O)C1. The van der Waals surface area contributed by atoms with Crippen molar-refractivity contribution in [1.29, 1.82) is 0 Å². The van der Waals surface area contributed by atoms with E-state index in [1.807, 2.05) is 43.3 Å². The number of carbonyl (C=O) groups is 1. The van der Waals surface area contributed by atoms with Crippen LogP contribution in [0.4, 0.5) is 13.2 Å². The van der Waals surface area contributed by atoms with E-state index in [4.69, 9.17) is 4.74 Å². The number of alkyl halides is 3. The van der Waals surface area contributed by atoms with Gasteiger partial charge in [-0.2, -0.15) is 13.2 Å². The van der Waals surface area contributed by atoms with Gasteiger partial charge in [0.05, 0.1) is 18.9 Å². The summed E-state index contributed by atoms with van der Waals surface area (Å²) in [6.07, 6.45) is -4.54. The average molecular weight is 393 g/mol. The zero-order chi connectivity index (χ0) is 20.5. The summed E-state index contributed by atoms with van der Waals surface area (Å²) in [6.45, 7) is 1.71. The number of hydrogen-bond acceptors (Lipinski definition) is 3. The van der Waals surface area contributed by atoms with Crippen LogP contribution in [0.25, 0.3) is 11.1 Å². The number of aliphatic carboxylic acids is 1. The fraction of sp³-hybridized carbons (Fsp3) is 0.381. The van der Waals surface area contributed by atoms with E-state index in [1.54, 1.807) is 6.07 Å². The minimum Gasteiger partial charge on any atom is -0.496 e. The molecule has 1 fully saturated rings. The molecule has 0 spiro atoms. The van der Waals surface area contributed by atoms with Gasteiger partial charge in [-0.25, -0.2) is 0 Å². The summed E-state index contributed by atoms with van der Waals surface area (Å²) in [5, 5.41) is 9.20. The van der Waals surface area contributed by atoms with Crippen LogP contribution < -0.4 is 4.74 Å². The molecule has 0 aromatic heterocycles. The van der Waals surface area contributed by atoms with E-state index in [0.29, 0.717) is 5.75 Å². The third-order valence-corrected chi connectivity index (χ3v) is 5.26. The van der Waals surface area contributed by atoms with Crippen molar-refractivity contribution in [1.82, 2.24) is 4.90 Å². The predicted octanol–water partition coefficient (Wildman–Crippen LogP) is 4.37. The topological polar surface area (TPSA) is 49.8 Å². The van der Waals surface area contributed by atoms with Gasteiger partial charge in [-0.05, 0) is 35.7 Å². The molecule has 0 aliphatic carbocycles. The number of nitrogens with zero attached hydrogens (tertiary/aromatic N) is 1. The fourth-order valence-corrected chi connectivity index (χ4v) is 3.80. The molecule has 2 aromatic rings. The first-order valence-electron chi connectivity index (χ1n) is 8.95. The van der Waals surface area contributed by atoms with E-state index in [2.05, 4.69) is 0 Å². The predicted molar refractivity (Wildman–Crippen MR) is 99.1 cm³/mol. The summed E-state index contributed by atoms with van der Waals surface area (Å²) in [5.74, 6) is -4.16. The van der Waals surface area contributed by atoms with Crippen molar-refractivity contribution in [3.63, 3.8) is 0 Å². The lowest BCUT2D eigenvalue weighted by atomic mass is 9.96. The minimum absolute atomic E-state index is 0.142. The highest BCUT2D eigenvalue weighted by Crippen LogP contribution is 2.39. The molecular weight excluding hydrogens is 371 g/mol. The van der Waals surface area contributed by atoms with E-state index in [1.165, 1.54) is 12.0 Å². The Morgan fingerprint density at radius 3 is 2.50 bits per heavy atom. The summed E-state index contributed by atoms with van der Waals surface area (Å²) in [5.41, 5.74) is 3.79. The monoisotopic (exact) mass is 393 g/mol. The highest BCUT2D eigenvalue weighted by Gasteiger charge is 2.52. The molecule has 0 radical (unpaired) electrons. The minimum atomic E-state index is -4.54. The largest absolute Gasteiger partial charge is 0.496 e. The number of halogens is 3. The Labute approximate surface area is 161 Å². The van der Waals surface area contributed by atoms with Gasteiger partial charge in [-0.15, -0.1) is 0 Å². The van der Waals surface area contributed by atoms with Crippen LogP contribution in [0.1, 0.15) is 11.1 Å². The third-order valence-electron chi connectivity index (χ3n) is 5.26. The van der Waals surface area contributed by atoms with Crippen LogP contribution in [0, 0.1) is 18.8 Å². The Morgan fingerprint density at radius 1 is 1.21 bits per heavy atom. The Kier molecular flexibility index (Phi) is 5.65. The second kappa shape index (κ2) is 7.83. The number of carboxylic acids is 1. The van der Waals surface area contributed by atoms with E-state index >= 15 is 0 Å². The van der Waals surface area contributed by atoms with Crippen LogP contribution in [0.2, 0.25) is 0 Å². The molecule has 1 aliphatic heterocycles. The quantitative estimate of drug-likeness (QED) is 0.820. The normalized spacial score (nSPS) is 20.3. The van der Waals surface area contributed by atoms with Crippen LogP contribution in [0.5, 0.6) is 5.75 Å². The number of aryl methyl sites for hydroxylation is 1. The van der Waals surface area contributed by atoms with Gasteiger partial charge in [0.2, 0.25) is 0 Å². The smallest absolute Gasteiger partial charge is 0.393 e. The van der Waals surface area contributed by atoms with Crippen LogP contribution in [0.3, 0.4) is 0 Å². The van der Waals surface area contributed by atoms with Gasteiger partial charge in [0.25, 0.3) is 0 Å². The molecule has 0 unspecified atom stereocenters. The maximum Gasteiger partial charge on any atom is 0.393 e.